The van der Waals surface area contributed by atoms with Gasteiger partial charge in [-0.1, -0.05) is 33.1 Å². The van der Waals surface area contributed by atoms with E-state index in [0.29, 0.717) is 12.5 Å². The highest BCUT2D eigenvalue weighted by molar-refractivity contribution is 5.70. The molecule has 78 valence electrons. The summed E-state index contributed by atoms with van der Waals surface area (Å²) in [4.78, 5) is 10.6. The van der Waals surface area contributed by atoms with Gasteiger partial charge in [0.15, 0.2) is 0 Å². The molecular weight excluding hydrogens is 168 g/mol. The highest BCUT2D eigenvalue weighted by Gasteiger charge is 2.08. The van der Waals surface area contributed by atoms with E-state index < -0.39 is 12.6 Å². The number of carbonyl (C=O) groups is 1. The number of ether oxygens (including phenoxy) is 1. The molecule has 0 radical (unpaired) electrons. The van der Waals surface area contributed by atoms with Gasteiger partial charge in [-0.2, -0.15) is 0 Å². The Bertz CT molecular complexity index is 134. The van der Waals surface area contributed by atoms with Crippen molar-refractivity contribution in [2.75, 3.05) is 13.2 Å². The molecule has 0 amide bonds. The molecule has 0 aliphatic rings. The minimum atomic E-state index is -0.519. The molecule has 0 saturated carbocycles. The fourth-order valence-electron chi connectivity index (χ4n) is 1.15. The van der Waals surface area contributed by atoms with Gasteiger partial charge in [0.25, 0.3) is 0 Å². The van der Waals surface area contributed by atoms with Crippen LogP contribution >= 0.6 is 0 Å². The zero-order chi connectivity index (χ0) is 10.1. The van der Waals surface area contributed by atoms with Gasteiger partial charge in [-0.25, -0.2) is 4.79 Å². The molecule has 0 saturated heterocycles. The number of esters is 1. The van der Waals surface area contributed by atoms with Crippen LogP contribution in [0.15, 0.2) is 0 Å². The van der Waals surface area contributed by atoms with Crippen LogP contribution in [0.3, 0.4) is 0 Å². The molecule has 0 heterocycles. The maximum absolute atomic E-state index is 10.6. The molecule has 13 heavy (non-hydrogen) atoms. The number of hydrogen-bond donors (Lipinski definition) is 1. The molecule has 0 aromatic heterocycles. The van der Waals surface area contributed by atoms with E-state index in [1.807, 2.05) is 0 Å². The van der Waals surface area contributed by atoms with Crippen molar-refractivity contribution in [1.82, 2.24) is 0 Å². The molecule has 0 aromatic carbocycles. The topological polar surface area (TPSA) is 46.5 Å². The molecule has 1 atom stereocenters. The Balaban J connectivity index is 3.52. The first-order valence-corrected chi connectivity index (χ1v) is 5.01. The fraction of sp³-hybridized carbons (Fsp3) is 0.900. The highest BCUT2D eigenvalue weighted by atomic mass is 16.5. The Kier molecular flexibility index (Phi) is 7.69. The number of rotatable bonds is 7. The predicted octanol–water partition coefficient (Wildman–Crippen LogP) is 1.74. The molecular formula is C10H20O3. The number of aliphatic hydroxyl groups excluding tert-OH is 1. The molecule has 1 N–H and O–H groups in total. The summed E-state index contributed by atoms with van der Waals surface area (Å²) in [6.07, 6.45) is 4.48. The molecule has 3 nitrogen and oxygen atoms in total. The largest absolute Gasteiger partial charge is 0.464 e. The zero-order valence-electron chi connectivity index (χ0n) is 8.58. The van der Waals surface area contributed by atoms with Crippen LogP contribution in [0.4, 0.5) is 0 Å². The lowest BCUT2D eigenvalue weighted by Crippen LogP contribution is -2.16. The Labute approximate surface area is 80.1 Å². The summed E-state index contributed by atoms with van der Waals surface area (Å²) in [5.41, 5.74) is 0. The van der Waals surface area contributed by atoms with Crippen LogP contribution in [-0.2, 0) is 9.53 Å². The van der Waals surface area contributed by atoms with E-state index >= 15 is 0 Å². The van der Waals surface area contributed by atoms with Gasteiger partial charge in [0, 0.05) is 0 Å². The second kappa shape index (κ2) is 8.05. The van der Waals surface area contributed by atoms with Gasteiger partial charge in [0.05, 0.1) is 6.61 Å². The first kappa shape index (κ1) is 12.4. The smallest absolute Gasteiger partial charge is 0.331 e. The van der Waals surface area contributed by atoms with Crippen LogP contribution in [0.25, 0.3) is 0 Å². The van der Waals surface area contributed by atoms with Crippen molar-refractivity contribution in [2.45, 2.75) is 39.5 Å². The van der Waals surface area contributed by atoms with Crippen molar-refractivity contribution in [3.8, 4) is 0 Å². The average Bonchev–Trinajstić information content (AvgIpc) is 2.17. The second-order valence-electron chi connectivity index (χ2n) is 3.26. The predicted molar refractivity (Wildman–Crippen MR) is 51.4 cm³/mol. The maximum atomic E-state index is 10.6. The van der Waals surface area contributed by atoms with Crippen molar-refractivity contribution in [3.05, 3.63) is 0 Å². The van der Waals surface area contributed by atoms with Crippen LogP contribution in [0.2, 0.25) is 0 Å². The molecule has 0 fully saturated rings. The number of hydrogen-bond acceptors (Lipinski definition) is 3. The van der Waals surface area contributed by atoms with Gasteiger partial charge in [0.2, 0.25) is 0 Å². The fourth-order valence-corrected chi connectivity index (χ4v) is 1.15. The summed E-state index contributed by atoms with van der Waals surface area (Å²) >= 11 is 0. The van der Waals surface area contributed by atoms with E-state index in [4.69, 9.17) is 9.84 Å². The Morgan fingerprint density at radius 2 is 2.15 bits per heavy atom. The molecule has 0 aliphatic carbocycles. The van der Waals surface area contributed by atoms with E-state index in [0.717, 1.165) is 12.8 Å². The first-order valence-electron chi connectivity index (χ1n) is 5.01. The summed E-state index contributed by atoms with van der Waals surface area (Å²) in [6, 6.07) is 0. The Morgan fingerprint density at radius 3 is 2.62 bits per heavy atom. The van der Waals surface area contributed by atoms with Crippen LogP contribution < -0.4 is 0 Å². The summed E-state index contributed by atoms with van der Waals surface area (Å²) in [7, 11) is 0. The average molecular weight is 188 g/mol. The Morgan fingerprint density at radius 1 is 1.46 bits per heavy atom. The number of aliphatic hydroxyl groups is 1. The third-order valence-electron chi connectivity index (χ3n) is 2.15. The lowest BCUT2D eigenvalue weighted by Gasteiger charge is -2.13. The van der Waals surface area contributed by atoms with Gasteiger partial charge >= 0.3 is 5.97 Å². The number of unbranched alkanes of at least 4 members (excludes halogenated alkanes) is 1. The summed E-state index contributed by atoms with van der Waals surface area (Å²) in [5.74, 6) is -0.0644. The standard InChI is InChI=1S/C10H20O3/c1-3-5-6-9(4-2)8-13-10(12)7-11/h9,11H,3-8H2,1-2H3/t9-/m1/s1. The van der Waals surface area contributed by atoms with Gasteiger partial charge in [0.1, 0.15) is 6.61 Å². The molecule has 0 bridgehead atoms. The van der Waals surface area contributed by atoms with Crippen LogP contribution in [0.5, 0.6) is 0 Å². The highest BCUT2D eigenvalue weighted by Crippen LogP contribution is 2.12. The minimum Gasteiger partial charge on any atom is -0.464 e. The molecule has 0 aromatic rings. The molecule has 3 heteroatoms. The lowest BCUT2D eigenvalue weighted by molar-refractivity contribution is -0.148. The summed E-state index contributed by atoms with van der Waals surface area (Å²) in [6.45, 7) is 4.18. The molecule has 0 rings (SSSR count). The van der Waals surface area contributed by atoms with E-state index in [2.05, 4.69) is 13.8 Å². The first-order chi connectivity index (χ1) is 6.24. The quantitative estimate of drug-likeness (QED) is 0.619. The van der Waals surface area contributed by atoms with Gasteiger partial charge < -0.3 is 9.84 Å². The third-order valence-corrected chi connectivity index (χ3v) is 2.15. The van der Waals surface area contributed by atoms with Gasteiger partial charge in [-0.3, -0.25) is 0 Å². The SMILES string of the molecule is CCCC[C@@H](CC)COC(=O)CO. The zero-order valence-corrected chi connectivity index (χ0v) is 8.58. The van der Waals surface area contributed by atoms with Crippen molar-refractivity contribution < 1.29 is 14.6 Å². The second-order valence-corrected chi connectivity index (χ2v) is 3.26. The molecule has 0 spiro atoms. The third kappa shape index (κ3) is 6.58. The number of carbonyl (C=O) groups excluding carboxylic acids is 1. The molecule has 0 unspecified atom stereocenters. The lowest BCUT2D eigenvalue weighted by atomic mass is 10.0. The maximum Gasteiger partial charge on any atom is 0.331 e. The Hall–Kier alpha value is -0.570. The van der Waals surface area contributed by atoms with E-state index in [-0.39, 0.29) is 0 Å². The van der Waals surface area contributed by atoms with E-state index in [9.17, 15) is 4.79 Å². The van der Waals surface area contributed by atoms with Crippen LogP contribution in [0.1, 0.15) is 39.5 Å². The van der Waals surface area contributed by atoms with Gasteiger partial charge in [-0.05, 0) is 12.3 Å². The summed E-state index contributed by atoms with van der Waals surface area (Å²) in [5, 5.41) is 8.42. The van der Waals surface area contributed by atoms with Crippen LogP contribution in [-0.4, -0.2) is 24.3 Å². The van der Waals surface area contributed by atoms with Crippen molar-refractivity contribution in [1.29, 1.82) is 0 Å². The summed E-state index contributed by atoms with van der Waals surface area (Å²) < 4.78 is 4.85. The van der Waals surface area contributed by atoms with Crippen molar-refractivity contribution in [3.63, 3.8) is 0 Å². The van der Waals surface area contributed by atoms with Gasteiger partial charge in [-0.15, -0.1) is 0 Å². The monoisotopic (exact) mass is 188 g/mol. The minimum absolute atomic E-state index is 0.454. The van der Waals surface area contributed by atoms with E-state index in [1.54, 1.807) is 0 Å². The normalized spacial score (nSPS) is 12.5. The molecule has 0 aliphatic heterocycles. The van der Waals surface area contributed by atoms with E-state index in [1.165, 1.54) is 12.8 Å². The van der Waals surface area contributed by atoms with Crippen molar-refractivity contribution >= 4 is 5.97 Å². The van der Waals surface area contributed by atoms with Crippen LogP contribution in [0, 0.1) is 5.92 Å². The van der Waals surface area contributed by atoms with Crippen molar-refractivity contribution in [2.24, 2.45) is 5.92 Å².